The number of rotatable bonds is 8. The number of aromatic nitrogens is 1. The van der Waals surface area contributed by atoms with Crippen molar-refractivity contribution >= 4 is 22.9 Å². The van der Waals surface area contributed by atoms with E-state index in [0.717, 1.165) is 17.2 Å². The lowest BCUT2D eigenvalue weighted by atomic mass is 10.1. The van der Waals surface area contributed by atoms with Crippen molar-refractivity contribution in [1.82, 2.24) is 9.88 Å². The van der Waals surface area contributed by atoms with Crippen molar-refractivity contribution in [3.63, 3.8) is 0 Å². The number of hydrogen-bond donors (Lipinski definition) is 0. The van der Waals surface area contributed by atoms with Gasteiger partial charge in [0.15, 0.2) is 0 Å². The number of thiazole rings is 1. The number of benzene rings is 1. The Bertz CT molecular complexity index is 530. The minimum Gasteiger partial charge on any atom is -0.299 e. The highest BCUT2D eigenvalue weighted by atomic mass is 35.5. The lowest BCUT2D eigenvalue weighted by Crippen LogP contribution is -2.24. The van der Waals surface area contributed by atoms with Crippen LogP contribution in [0.5, 0.6) is 0 Å². The number of halogens is 1. The Morgan fingerprint density at radius 2 is 1.76 bits per heavy atom. The SMILES string of the molecule is CCCN(CCC)Cc1ccc(-c2nc(CCl)cs2)cc1. The summed E-state index contributed by atoms with van der Waals surface area (Å²) in [4.78, 5) is 7.04. The van der Waals surface area contributed by atoms with Crippen LogP contribution in [0.1, 0.15) is 37.9 Å². The van der Waals surface area contributed by atoms with Gasteiger partial charge in [0.25, 0.3) is 0 Å². The summed E-state index contributed by atoms with van der Waals surface area (Å²) in [7, 11) is 0. The monoisotopic (exact) mass is 322 g/mol. The van der Waals surface area contributed by atoms with Crippen LogP contribution >= 0.6 is 22.9 Å². The summed E-state index contributed by atoms with van der Waals surface area (Å²) in [5, 5.41) is 3.08. The van der Waals surface area contributed by atoms with Gasteiger partial charge in [-0.15, -0.1) is 22.9 Å². The predicted molar refractivity (Wildman–Crippen MR) is 93.0 cm³/mol. The third-order valence-corrected chi connectivity index (χ3v) is 4.59. The van der Waals surface area contributed by atoms with Gasteiger partial charge in [0.05, 0.1) is 11.6 Å². The predicted octanol–water partition coefficient (Wildman–Crippen LogP) is 5.17. The summed E-state index contributed by atoms with van der Waals surface area (Å²) >= 11 is 7.47. The minimum absolute atomic E-state index is 0.484. The fourth-order valence-corrected chi connectivity index (χ4v) is 3.47. The van der Waals surface area contributed by atoms with Gasteiger partial charge < -0.3 is 0 Å². The van der Waals surface area contributed by atoms with Crippen molar-refractivity contribution in [3.05, 3.63) is 40.9 Å². The molecule has 0 aliphatic rings. The molecule has 0 saturated heterocycles. The van der Waals surface area contributed by atoms with Crippen LogP contribution < -0.4 is 0 Å². The fourth-order valence-electron chi connectivity index (χ4n) is 2.41. The van der Waals surface area contributed by atoms with Gasteiger partial charge in [-0.05, 0) is 31.5 Å². The second kappa shape index (κ2) is 8.52. The normalized spacial score (nSPS) is 11.2. The molecule has 0 amide bonds. The molecule has 0 bridgehead atoms. The van der Waals surface area contributed by atoms with Gasteiger partial charge in [0, 0.05) is 17.5 Å². The van der Waals surface area contributed by atoms with Gasteiger partial charge in [-0.25, -0.2) is 4.98 Å². The smallest absolute Gasteiger partial charge is 0.123 e. The van der Waals surface area contributed by atoms with Crippen molar-refractivity contribution in [2.75, 3.05) is 13.1 Å². The topological polar surface area (TPSA) is 16.1 Å². The first-order chi connectivity index (χ1) is 10.3. The molecule has 1 heterocycles. The number of alkyl halides is 1. The molecule has 0 radical (unpaired) electrons. The summed E-state index contributed by atoms with van der Waals surface area (Å²) in [6, 6.07) is 8.77. The summed E-state index contributed by atoms with van der Waals surface area (Å²) in [5.41, 5.74) is 3.50. The highest BCUT2D eigenvalue weighted by Gasteiger charge is 2.06. The summed E-state index contributed by atoms with van der Waals surface area (Å²) in [6.45, 7) is 7.85. The molecule has 0 saturated carbocycles. The van der Waals surface area contributed by atoms with E-state index in [4.69, 9.17) is 11.6 Å². The maximum atomic E-state index is 5.81. The van der Waals surface area contributed by atoms with Gasteiger partial charge in [0.1, 0.15) is 5.01 Å². The summed E-state index contributed by atoms with van der Waals surface area (Å²) in [5.74, 6) is 0.484. The maximum absolute atomic E-state index is 5.81. The Kier molecular flexibility index (Phi) is 6.68. The first kappa shape index (κ1) is 16.5. The molecule has 0 spiro atoms. The minimum atomic E-state index is 0.484. The molecule has 1 aromatic carbocycles. The number of hydrogen-bond acceptors (Lipinski definition) is 3. The Morgan fingerprint density at radius 3 is 2.29 bits per heavy atom. The van der Waals surface area contributed by atoms with E-state index in [2.05, 4.69) is 48.0 Å². The van der Waals surface area contributed by atoms with Crippen molar-refractivity contribution in [3.8, 4) is 10.6 Å². The standard InChI is InChI=1S/C17H23ClN2S/c1-3-9-20(10-4-2)12-14-5-7-15(8-6-14)17-19-16(11-18)13-21-17/h5-8,13H,3-4,9-12H2,1-2H3. The lowest BCUT2D eigenvalue weighted by molar-refractivity contribution is 0.266. The van der Waals surface area contributed by atoms with Gasteiger partial charge >= 0.3 is 0 Å². The number of nitrogens with zero attached hydrogens (tertiary/aromatic N) is 2. The first-order valence-electron chi connectivity index (χ1n) is 7.58. The molecule has 0 fully saturated rings. The average Bonchev–Trinajstić information content (AvgIpc) is 2.97. The second-order valence-corrected chi connectivity index (χ2v) is 6.38. The van der Waals surface area contributed by atoms with E-state index in [1.54, 1.807) is 11.3 Å². The molecule has 1 aromatic heterocycles. The third kappa shape index (κ3) is 4.80. The third-order valence-electron chi connectivity index (χ3n) is 3.38. The van der Waals surface area contributed by atoms with Gasteiger partial charge in [-0.1, -0.05) is 38.1 Å². The van der Waals surface area contributed by atoms with E-state index in [1.807, 2.05) is 5.38 Å². The molecule has 0 unspecified atom stereocenters. The van der Waals surface area contributed by atoms with Crippen LogP contribution in [0.15, 0.2) is 29.6 Å². The van der Waals surface area contributed by atoms with Crippen LogP contribution in [0.4, 0.5) is 0 Å². The molecule has 21 heavy (non-hydrogen) atoms. The molecular formula is C17H23ClN2S. The Morgan fingerprint density at radius 1 is 1.10 bits per heavy atom. The van der Waals surface area contributed by atoms with E-state index in [-0.39, 0.29) is 0 Å². The Labute approximate surface area is 136 Å². The van der Waals surface area contributed by atoms with Gasteiger partial charge in [-0.3, -0.25) is 4.90 Å². The fraction of sp³-hybridized carbons (Fsp3) is 0.471. The molecular weight excluding hydrogens is 300 g/mol. The lowest BCUT2D eigenvalue weighted by Gasteiger charge is -2.21. The largest absolute Gasteiger partial charge is 0.299 e. The first-order valence-corrected chi connectivity index (χ1v) is 9.00. The Balaban J connectivity index is 2.03. The van der Waals surface area contributed by atoms with Crippen LogP contribution in [0.3, 0.4) is 0 Å². The molecule has 0 N–H and O–H groups in total. The highest BCUT2D eigenvalue weighted by molar-refractivity contribution is 7.13. The van der Waals surface area contributed by atoms with Crippen LogP contribution in [0.2, 0.25) is 0 Å². The summed E-state index contributed by atoms with van der Waals surface area (Å²) in [6.07, 6.45) is 2.41. The Hall–Kier alpha value is -0.900. The second-order valence-electron chi connectivity index (χ2n) is 5.25. The molecule has 4 heteroatoms. The molecule has 114 valence electrons. The molecule has 0 atom stereocenters. The van der Waals surface area contributed by atoms with Crippen molar-refractivity contribution in [2.24, 2.45) is 0 Å². The van der Waals surface area contributed by atoms with Crippen LogP contribution in [0.25, 0.3) is 10.6 Å². The zero-order valence-corrected chi connectivity index (χ0v) is 14.4. The summed E-state index contributed by atoms with van der Waals surface area (Å²) < 4.78 is 0. The maximum Gasteiger partial charge on any atom is 0.123 e. The van der Waals surface area contributed by atoms with Crippen molar-refractivity contribution in [1.29, 1.82) is 0 Å². The van der Waals surface area contributed by atoms with Crippen molar-refractivity contribution in [2.45, 2.75) is 39.1 Å². The van der Waals surface area contributed by atoms with Crippen LogP contribution in [-0.2, 0) is 12.4 Å². The molecule has 0 aliphatic carbocycles. The zero-order valence-electron chi connectivity index (χ0n) is 12.8. The zero-order chi connectivity index (χ0) is 15.1. The highest BCUT2D eigenvalue weighted by Crippen LogP contribution is 2.25. The van der Waals surface area contributed by atoms with E-state index in [1.165, 1.54) is 37.1 Å². The van der Waals surface area contributed by atoms with E-state index >= 15 is 0 Å². The van der Waals surface area contributed by atoms with E-state index in [9.17, 15) is 0 Å². The van der Waals surface area contributed by atoms with E-state index in [0.29, 0.717) is 5.88 Å². The quantitative estimate of drug-likeness (QED) is 0.623. The molecule has 2 nitrogen and oxygen atoms in total. The van der Waals surface area contributed by atoms with Crippen LogP contribution in [0, 0.1) is 0 Å². The van der Waals surface area contributed by atoms with Crippen LogP contribution in [-0.4, -0.2) is 23.0 Å². The molecule has 0 aliphatic heterocycles. The van der Waals surface area contributed by atoms with Crippen molar-refractivity contribution < 1.29 is 0 Å². The molecule has 2 rings (SSSR count). The average molecular weight is 323 g/mol. The van der Waals surface area contributed by atoms with Gasteiger partial charge in [0.2, 0.25) is 0 Å². The van der Waals surface area contributed by atoms with E-state index < -0.39 is 0 Å². The van der Waals surface area contributed by atoms with Gasteiger partial charge in [-0.2, -0.15) is 0 Å². The molecule has 2 aromatic rings.